The van der Waals surface area contributed by atoms with Gasteiger partial charge in [-0.15, -0.1) is 0 Å². The summed E-state index contributed by atoms with van der Waals surface area (Å²) >= 11 is 1.94. The predicted octanol–water partition coefficient (Wildman–Crippen LogP) is 3.02. The van der Waals surface area contributed by atoms with Gasteiger partial charge in [-0.25, -0.2) is 12.7 Å². The number of hydrogen-bond acceptors (Lipinski definition) is 4. The van der Waals surface area contributed by atoms with Crippen LogP contribution in [-0.4, -0.2) is 44.4 Å². The Hall–Kier alpha value is -0.720. The Morgan fingerprint density at radius 1 is 1.19 bits per heavy atom. The van der Waals surface area contributed by atoms with Gasteiger partial charge in [0.25, 0.3) is 0 Å². The molecule has 1 saturated carbocycles. The van der Waals surface area contributed by atoms with Crippen LogP contribution in [-0.2, 0) is 10.0 Å². The molecule has 1 aromatic rings. The van der Waals surface area contributed by atoms with Gasteiger partial charge in [-0.3, -0.25) is 0 Å². The third-order valence-electron chi connectivity index (χ3n) is 3.96. The Balaban J connectivity index is 2.03. The summed E-state index contributed by atoms with van der Waals surface area (Å²) in [6.45, 7) is 0. The Morgan fingerprint density at radius 2 is 1.86 bits per heavy atom. The summed E-state index contributed by atoms with van der Waals surface area (Å²) < 4.78 is 25.3. The van der Waals surface area contributed by atoms with Crippen molar-refractivity contribution in [1.29, 1.82) is 0 Å². The molecule has 118 valence electrons. The van der Waals surface area contributed by atoms with Crippen LogP contribution in [0.1, 0.15) is 25.7 Å². The van der Waals surface area contributed by atoms with Crippen molar-refractivity contribution in [3.63, 3.8) is 0 Å². The van der Waals surface area contributed by atoms with Crippen LogP contribution in [0.3, 0.4) is 0 Å². The molecule has 0 saturated heterocycles. The Kier molecular flexibility index (Phi) is 5.57. The fourth-order valence-electron chi connectivity index (χ4n) is 2.66. The Morgan fingerprint density at radius 3 is 2.43 bits per heavy atom. The van der Waals surface area contributed by atoms with Crippen molar-refractivity contribution < 1.29 is 8.42 Å². The van der Waals surface area contributed by atoms with Crippen LogP contribution in [0.2, 0.25) is 0 Å². The predicted molar refractivity (Wildman–Crippen MR) is 90.5 cm³/mol. The normalized spacial score (nSPS) is 23.2. The molecule has 1 aliphatic rings. The smallest absolute Gasteiger partial charge is 0.242 e. The fraction of sp³-hybridized carbons (Fsp3) is 0.600. The summed E-state index contributed by atoms with van der Waals surface area (Å²) in [5, 5.41) is 4.27. The fourth-order valence-corrected chi connectivity index (χ4v) is 4.39. The van der Waals surface area contributed by atoms with E-state index < -0.39 is 10.0 Å². The minimum atomic E-state index is -3.34. The van der Waals surface area contributed by atoms with Gasteiger partial charge in [-0.05, 0) is 49.8 Å². The molecule has 2 unspecified atom stereocenters. The molecule has 0 bridgehead atoms. The van der Waals surface area contributed by atoms with E-state index in [9.17, 15) is 8.42 Å². The van der Waals surface area contributed by atoms with Gasteiger partial charge in [0, 0.05) is 31.1 Å². The molecule has 2 rings (SSSR count). The lowest BCUT2D eigenvalue weighted by molar-refractivity contribution is 0.473. The monoisotopic (exact) mass is 328 g/mol. The molecule has 1 fully saturated rings. The van der Waals surface area contributed by atoms with Gasteiger partial charge in [-0.1, -0.05) is 6.42 Å². The molecular weight excluding hydrogens is 304 g/mol. The highest BCUT2D eigenvalue weighted by molar-refractivity contribution is 7.99. The maximum atomic E-state index is 12.0. The molecule has 4 nitrogen and oxygen atoms in total. The summed E-state index contributed by atoms with van der Waals surface area (Å²) in [5.74, 6) is 0. The molecule has 6 heteroatoms. The van der Waals surface area contributed by atoms with Crippen molar-refractivity contribution in [3.8, 4) is 0 Å². The molecule has 1 aromatic carbocycles. The van der Waals surface area contributed by atoms with Crippen molar-refractivity contribution in [2.24, 2.45) is 0 Å². The third kappa shape index (κ3) is 4.14. The van der Waals surface area contributed by atoms with Crippen molar-refractivity contribution in [1.82, 2.24) is 4.31 Å². The van der Waals surface area contributed by atoms with Crippen molar-refractivity contribution in [2.75, 3.05) is 25.7 Å². The summed E-state index contributed by atoms with van der Waals surface area (Å²) in [6.07, 6.45) is 7.11. The van der Waals surface area contributed by atoms with Gasteiger partial charge < -0.3 is 5.32 Å². The van der Waals surface area contributed by atoms with Gasteiger partial charge in [0.1, 0.15) is 0 Å². The zero-order valence-electron chi connectivity index (χ0n) is 12.9. The maximum Gasteiger partial charge on any atom is 0.242 e. The van der Waals surface area contributed by atoms with Crippen LogP contribution >= 0.6 is 11.8 Å². The summed E-state index contributed by atoms with van der Waals surface area (Å²) in [7, 11) is -0.242. The quantitative estimate of drug-likeness (QED) is 0.902. The highest BCUT2D eigenvalue weighted by Crippen LogP contribution is 2.29. The number of nitrogens with zero attached hydrogens (tertiary/aromatic N) is 1. The van der Waals surface area contributed by atoms with E-state index in [4.69, 9.17) is 0 Å². The van der Waals surface area contributed by atoms with Gasteiger partial charge >= 0.3 is 0 Å². The van der Waals surface area contributed by atoms with E-state index >= 15 is 0 Å². The average Bonchev–Trinajstić information content (AvgIpc) is 2.48. The minimum absolute atomic E-state index is 0.337. The van der Waals surface area contributed by atoms with Crippen LogP contribution in [0.5, 0.6) is 0 Å². The van der Waals surface area contributed by atoms with E-state index in [0.29, 0.717) is 10.9 Å². The molecule has 0 radical (unpaired) electrons. The van der Waals surface area contributed by atoms with Gasteiger partial charge in [0.2, 0.25) is 10.0 Å². The standard InChI is InChI=1S/C15H24N2O2S2/c1-17(2)21(18,19)15-9-7-12(8-10-15)16-13-5-4-6-14(11-13)20-3/h7-10,13-14,16H,4-6,11H2,1-3H3. The number of anilines is 1. The lowest BCUT2D eigenvalue weighted by Crippen LogP contribution is -2.28. The second-order valence-electron chi connectivity index (χ2n) is 5.68. The number of sulfonamides is 1. The molecule has 0 spiro atoms. The van der Waals surface area contributed by atoms with Crippen LogP contribution in [0.4, 0.5) is 5.69 Å². The van der Waals surface area contributed by atoms with Crippen LogP contribution < -0.4 is 5.32 Å². The largest absolute Gasteiger partial charge is 0.382 e. The zero-order valence-corrected chi connectivity index (χ0v) is 14.5. The molecule has 2 atom stereocenters. The number of rotatable bonds is 5. The number of thioether (sulfide) groups is 1. The van der Waals surface area contributed by atoms with E-state index in [1.54, 1.807) is 26.2 Å². The average molecular weight is 329 g/mol. The van der Waals surface area contributed by atoms with Crippen LogP contribution in [0, 0.1) is 0 Å². The maximum absolute atomic E-state index is 12.0. The molecule has 0 aliphatic heterocycles. The molecule has 0 aromatic heterocycles. The number of hydrogen-bond donors (Lipinski definition) is 1. The lowest BCUT2D eigenvalue weighted by atomic mass is 9.95. The first kappa shape index (κ1) is 16.6. The SMILES string of the molecule is CSC1CCCC(Nc2ccc(S(=O)(=O)N(C)C)cc2)C1. The highest BCUT2D eigenvalue weighted by atomic mass is 32.2. The van der Waals surface area contributed by atoms with Crippen LogP contribution in [0.15, 0.2) is 29.2 Å². The van der Waals surface area contributed by atoms with E-state index in [1.807, 2.05) is 23.9 Å². The number of benzene rings is 1. The van der Waals surface area contributed by atoms with E-state index in [1.165, 1.54) is 30.0 Å². The van der Waals surface area contributed by atoms with E-state index in [-0.39, 0.29) is 0 Å². The Labute approximate surface area is 132 Å². The lowest BCUT2D eigenvalue weighted by Gasteiger charge is -2.29. The summed E-state index contributed by atoms with van der Waals surface area (Å²) in [4.78, 5) is 0.337. The van der Waals surface area contributed by atoms with Crippen LogP contribution in [0.25, 0.3) is 0 Å². The van der Waals surface area contributed by atoms with Gasteiger partial charge in [0.05, 0.1) is 4.90 Å². The first-order valence-electron chi connectivity index (χ1n) is 7.25. The molecular formula is C15H24N2O2S2. The second kappa shape index (κ2) is 7.03. The summed E-state index contributed by atoms with van der Waals surface area (Å²) in [5.41, 5.74) is 0.999. The van der Waals surface area contributed by atoms with Gasteiger partial charge in [0.15, 0.2) is 0 Å². The first-order valence-corrected chi connectivity index (χ1v) is 9.98. The Bertz CT molecular complexity index is 556. The molecule has 1 N–H and O–H groups in total. The minimum Gasteiger partial charge on any atom is -0.382 e. The topological polar surface area (TPSA) is 49.4 Å². The van der Waals surface area contributed by atoms with E-state index in [2.05, 4.69) is 11.6 Å². The van der Waals surface area contributed by atoms with Gasteiger partial charge in [-0.2, -0.15) is 11.8 Å². The highest BCUT2D eigenvalue weighted by Gasteiger charge is 2.21. The molecule has 0 heterocycles. The molecule has 1 aliphatic carbocycles. The zero-order chi connectivity index (χ0) is 15.5. The third-order valence-corrected chi connectivity index (χ3v) is 6.89. The summed E-state index contributed by atoms with van der Waals surface area (Å²) in [6, 6.07) is 7.56. The first-order chi connectivity index (χ1) is 9.93. The van der Waals surface area contributed by atoms with E-state index in [0.717, 1.165) is 10.9 Å². The molecule has 0 amide bonds. The van der Waals surface area contributed by atoms with Crippen molar-refractivity contribution >= 4 is 27.5 Å². The van der Waals surface area contributed by atoms with Crippen molar-refractivity contribution in [3.05, 3.63) is 24.3 Å². The number of nitrogens with one attached hydrogen (secondary N) is 1. The van der Waals surface area contributed by atoms with Crippen molar-refractivity contribution in [2.45, 2.75) is 41.9 Å². The molecule has 21 heavy (non-hydrogen) atoms. The second-order valence-corrected chi connectivity index (χ2v) is 8.97.